The number of carbonyl (C=O) groups excluding carboxylic acids is 2. The third-order valence-electron chi connectivity index (χ3n) is 5.14. The van der Waals surface area contributed by atoms with Gasteiger partial charge in [-0.2, -0.15) is 0 Å². The van der Waals surface area contributed by atoms with E-state index in [-0.39, 0.29) is 16.4 Å². The van der Waals surface area contributed by atoms with Gasteiger partial charge in [0.05, 0.1) is 11.0 Å². The molecule has 1 N–H and O–H groups in total. The first kappa shape index (κ1) is 22.6. The molecule has 1 unspecified atom stereocenters. The fraction of sp³-hybridized carbons (Fsp3) is 0.192. The zero-order chi connectivity index (χ0) is 23.0. The van der Waals surface area contributed by atoms with E-state index in [2.05, 4.69) is 34.7 Å². The van der Waals surface area contributed by atoms with Crippen molar-refractivity contribution in [1.29, 1.82) is 0 Å². The number of carbonyl (C=O) groups is 2. The maximum Gasteiger partial charge on any atom is 0.286 e. The van der Waals surface area contributed by atoms with Crippen molar-refractivity contribution in [3.05, 3.63) is 90.0 Å². The lowest BCUT2D eigenvalue weighted by Gasteiger charge is -2.09. The smallest absolute Gasteiger partial charge is 0.286 e. The highest BCUT2D eigenvalue weighted by Gasteiger charge is 2.31. The Bertz CT molecular complexity index is 1150. The Morgan fingerprint density at radius 2 is 1.70 bits per heavy atom. The van der Waals surface area contributed by atoms with Gasteiger partial charge in [0.15, 0.2) is 6.61 Å². The Hall–Kier alpha value is -3.58. The van der Waals surface area contributed by atoms with Gasteiger partial charge in [-0.05, 0) is 53.8 Å². The van der Waals surface area contributed by atoms with Gasteiger partial charge < -0.3 is 9.57 Å². The van der Waals surface area contributed by atoms with Gasteiger partial charge in [-0.15, -0.1) is 0 Å². The molecule has 0 saturated carbocycles. The molecule has 1 saturated heterocycles. The molecule has 3 aromatic rings. The van der Waals surface area contributed by atoms with Gasteiger partial charge in [0.1, 0.15) is 12.4 Å². The number of hydrogen-bond donors (Lipinski definition) is 1. The minimum atomic E-state index is -0.368. The molecular formula is C26H24N2O4S. The average molecular weight is 461 g/mol. The predicted molar refractivity (Wildman–Crippen MR) is 131 cm³/mol. The number of hydrogen-bond acceptors (Lipinski definition) is 6. The molecule has 168 valence electrons. The Balaban J connectivity index is 1.23. The maximum absolute atomic E-state index is 11.7. The predicted octanol–water partition coefficient (Wildman–Crippen LogP) is 5.07. The molecule has 1 aliphatic rings. The number of rotatable bonds is 9. The van der Waals surface area contributed by atoms with Gasteiger partial charge in [-0.1, -0.05) is 77.6 Å². The van der Waals surface area contributed by atoms with Crippen LogP contribution in [0.4, 0.5) is 4.79 Å². The maximum atomic E-state index is 11.7. The fourth-order valence-corrected chi connectivity index (χ4v) is 4.27. The molecule has 1 aliphatic heterocycles. The summed E-state index contributed by atoms with van der Waals surface area (Å²) in [5.74, 6) is 0.475. The van der Waals surface area contributed by atoms with Crippen LogP contribution in [0.25, 0.3) is 11.1 Å². The van der Waals surface area contributed by atoms with Crippen molar-refractivity contribution < 1.29 is 19.2 Å². The lowest BCUT2D eigenvalue weighted by Crippen LogP contribution is -2.25. The van der Waals surface area contributed by atoms with E-state index in [0.29, 0.717) is 25.4 Å². The van der Waals surface area contributed by atoms with Crippen molar-refractivity contribution in [3.63, 3.8) is 0 Å². The topological polar surface area (TPSA) is 77.0 Å². The van der Waals surface area contributed by atoms with Crippen molar-refractivity contribution >= 4 is 28.6 Å². The summed E-state index contributed by atoms with van der Waals surface area (Å²) in [5.41, 5.74) is 5.06. The van der Waals surface area contributed by atoms with Gasteiger partial charge in [0.25, 0.3) is 5.24 Å². The van der Waals surface area contributed by atoms with Crippen molar-refractivity contribution in [1.82, 2.24) is 5.32 Å². The van der Waals surface area contributed by atoms with Crippen LogP contribution in [0.3, 0.4) is 0 Å². The van der Waals surface area contributed by atoms with Crippen LogP contribution in [0, 0.1) is 0 Å². The van der Waals surface area contributed by atoms with Gasteiger partial charge in [-0.3, -0.25) is 14.9 Å². The lowest BCUT2D eigenvalue weighted by atomic mass is 10.0. The molecule has 1 heterocycles. The molecule has 1 atom stereocenters. The first-order chi connectivity index (χ1) is 16.1. The monoisotopic (exact) mass is 460 g/mol. The Morgan fingerprint density at radius 1 is 0.939 bits per heavy atom. The fourth-order valence-electron chi connectivity index (χ4n) is 3.41. The summed E-state index contributed by atoms with van der Waals surface area (Å²) in [4.78, 5) is 28.4. The van der Waals surface area contributed by atoms with E-state index >= 15 is 0 Å². The Labute approximate surface area is 197 Å². The van der Waals surface area contributed by atoms with Crippen molar-refractivity contribution in [3.8, 4) is 16.9 Å². The van der Waals surface area contributed by atoms with Crippen LogP contribution < -0.4 is 10.1 Å². The van der Waals surface area contributed by atoms with Crippen molar-refractivity contribution in [2.24, 2.45) is 5.16 Å². The Kier molecular flexibility index (Phi) is 7.42. The number of nitrogens with zero attached hydrogens (tertiary/aromatic N) is 1. The number of oxime groups is 1. The van der Waals surface area contributed by atoms with Gasteiger partial charge in [0.2, 0.25) is 5.91 Å². The number of nitrogens with one attached hydrogen (secondary N) is 1. The zero-order valence-electron chi connectivity index (χ0n) is 18.2. The van der Waals surface area contributed by atoms with E-state index in [1.165, 1.54) is 0 Å². The highest BCUT2D eigenvalue weighted by atomic mass is 32.2. The minimum absolute atomic E-state index is 0.231. The van der Waals surface area contributed by atoms with Crippen molar-refractivity contribution in [2.75, 3.05) is 13.2 Å². The first-order valence-electron chi connectivity index (χ1n) is 10.6. The van der Waals surface area contributed by atoms with Crippen LogP contribution in [0.5, 0.6) is 5.75 Å². The minimum Gasteiger partial charge on any atom is -0.490 e. The van der Waals surface area contributed by atoms with E-state index < -0.39 is 0 Å². The van der Waals surface area contributed by atoms with Crippen LogP contribution in [0.2, 0.25) is 0 Å². The second kappa shape index (κ2) is 10.8. The normalized spacial score (nSPS) is 15.9. The van der Waals surface area contributed by atoms with Gasteiger partial charge in [0, 0.05) is 0 Å². The molecule has 0 aliphatic carbocycles. The number of amides is 2. The molecule has 4 rings (SSSR count). The molecule has 0 radical (unpaired) electrons. The van der Waals surface area contributed by atoms with E-state index in [1.54, 1.807) is 0 Å². The molecule has 0 aromatic heterocycles. The third-order valence-corrected chi connectivity index (χ3v) is 6.13. The molecule has 0 spiro atoms. The molecule has 7 heteroatoms. The summed E-state index contributed by atoms with van der Waals surface area (Å²) in [6.07, 6.45) is 0.505. The molecule has 1 fully saturated rings. The Morgan fingerprint density at radius 3 is 2.42 bits per heavy atom. The number of benzene rings is 3. The molecule has 33 heavy (non-hydrogen) atoms. The summed E-state index contributed by atoms with van der Waals surface area (Å²) in [6, 6.07) is 25.9. The highest BCUT2D eigenvalue weighted by Crippen LogP contribution is 2.24. The first-order valence-corrected chi connectivity index (χ1v) is 11.5. The van der Waals surface area contributed by atoms with E-state index in [0.717, 1.165) is 39.7 Å². The molecule has 6 nitrogen and oxygen atoms in total. The van der Waals surface area contributed by atoms with Crippen molar-refractivity contribution in [2.45, 2.75) is 18.6 Å². The second-order valence-electron chi connectivity index (χ2n) is 7.54. The standard InChI is InChI=1S/C26H24N2O4S/c1-18(21-8-5-9-22(17-21)20-6-3-2-4-7-20)28-32-15-14-31-23-12-10-19(11-13-23)16-24-25(29)27-26(30)33-24/h2-13,17,24H,14-16H2,1H3,(H,27,29,30). The van der Waals surface area contributed by atoms with Crippen LogP contribution in [-0.4, -0.2) is 35.3 Å². The molecule has 3 aromatic carbocycles. The lowest BCUT2D eigenvalue weighted by molar-refractivity contribution is -0.118. The molecule has 0 bridgehead atoms. The van der Waals surface area contributed by atoms with Crippen LogP contribution >= 0.6 is 11.8 Å². The van der Waals surface area contributed by atoms with Crippen LogP contribution in [-0.2, 0) is 16.1 Å². The number of ether oxygens (including phenoxy) is 1. The summed E-state index contributed by atoms with van der Waals surface area (Å²) >= 11 is 1.03. The van der Waals surface area contributed by atoms with E-state index in [1.807, 2.05) is 61.5 Å². The average Bonchev–Trinajstić information content (AvgIpc) is 3.16. The number of imide groups is 1. The van der Waals surface area contributed by atoms with E-state index in [4.69, 9.17) is 9.57 Å². The highest BCUT2D eigenvalue weighted by molar-refractivity contribution is 8.15. The van der Waals surface area contributed by atoms with E-state index in [9.17, 15) is 9.59 Å². The molecular weight excluding hydrogens is 436 g/mol. The SMILES string of the molecule is CC(=NOCCOc1ccc(CC2SC(=O)NC2=O)cc1)c1cccc(-c2ccccc2)c1. The number of thioether (sulfide) groups is 1. The summed E-state index contributed by atoms with van der Waals surface area (Å²) in [6.45, 7) is 2.59. The molecule has 2 amide bonds. The van der Waals surface area contributed by atoms with Crippen LogP contribution in [0.15, 0.2) is 84.0 Å². The summed E-state index contributed by atoms with van der Waals surface area (Å²) in [7, 11) is 0. The van der Waals surface area contributed by atoms with Gasteiger partial charge in [-0.25, -0.2) is 0 Å². The largest absolute Gasteiger partial charge is 0.490 e. The quantitative estimate of drug-likeness (QED) is 0.274. The zero-order valence-corrected chi connectivity index (χ0v) is 19.0. The summed E-state index contributed by atoms with van der Waals surface area (Å²) in [5, 5.41) is 5.86. The van der Waals surface area contributed by atoms with Crippen LogP contribution in [0.1, 0.15) is 18.1 Å². The second-order valence-corrected chi connectivity index (χ2v) is 8.71. The van der Waals surface area contributed by atoms with Gasteiger partial charge >= 0.3 is 0 Å². The third kappa shape index (κ3) is 6.23. The summed E-state index contributed by atoms with van der Waals surface area (Å²) < 4.78 is 5.70.